The van der Waals surface area contributed by atoms with E-state index in [1.165, 1.54) is 22.1 Å². The van der Waals surface area contributed by atoms with Crippen molar-refractivity contribution in [3.8, 4) is 0 Å². The maximum Gasteiger partial charge on any atom is 0.138 e. The van der Waals surface area contributed by atoms with Crippen molar-refractivity contribution in [1.29, 1.82) is 0 Å². The highest BCUT2D eigenvalue weighted by Crippen LogP contribution is 2.35. The van der Waals surface area contributed by atoms with E-state index in [0.29, 0.717) is 12.0 Å². The van der Waals surface area contributed by atoms with Gasteiger partial charge in [-0.2, -0.15) is 0 Å². The third-order valence-corrected chi connectivity index (χ3v) is 4.05. The summed E-state index contributed by atoms with van der Waals surface area (Å²) in [5.74, 6) is 1.61. The monoisotopic (exact) mass is 287 g/mol. The third-order valence-electron chi connectivity index (χ3n) is 4.05. The van der Waals surface area contributed by atoms with Gasteiger partial charge in [-0.25, -0.2) is 0 Å². The van der Waals surface area contributed by atoms with Crippen molar-refractivity contribution in [2.75, 3.05) is 0 Å². The molecule has 0 aliphatic carbocycles. The van der Waals surface area contributed by atoms with E-state index in [4.69, 9.17) is 4.42 Å². The van der Waals surface area contributed by atoms with Gasteiger partial charge in [0.1, 0.15) is 11.3 Å². The van der Waals surface area contributed by atoms with Crippen LogP contribution in [0.1, 0.15) is 69.4 Å². The van der Waals surface area contributed by atoms with E-state index in [2.05, 4.69) is 59.0 Å². The van der Waals surface area contributed by atoms with E-state index in [9.17, 15) is 0 Å². The van der Waals surface area contributed by atoms with Gasteiger partial charge in [-0.1, -0.05) is 53.2 Å². The van der Waals surface area contributed by atoms with Crippen LogP contribution in [-0.4, -0.2) is 6.04 Å². The highest BCUT2D eigenvalue weighted by molar-refractivity contribution is 5.88. The van der Waals surface area contributed by atoms with Gasteiger partial charge in [0.15, 0.2) is 0 Å². The van der Waals surface area contributed by atoms with Crippen molar-refractivity contribution in [3.63, 3.8) is 0 Å². The van der Waals surface area contributed by atoms with Gasteiger partial charge in [-0.05, 0) is 30.4 Å². The zero-order valence-corrected chi connectivity index (χ0v) is 14.3. The van der Waals surface area contributed by atoms with E-state index in [0.717, 1.165) is 30.7 Å². The van der Waals surface area contributed by atoms with Crippen molar-refractivity contribution in [3.05, 3.63) is 34.6 Å². The van der Waals surface area contributed by atoms with Crippen LogP contribution in [-0.2, 0) is 13.0 Å². The average Bonchev–Trinajstić information content (AvgIpc) is 2.76. The molecule has 2 rings (SSSR count). The molecule has 21 heavy (non-hydrogen) atoms. The van der Waals surface area contributed by atoms with Crippen LogP contribution >= 0.6 is 0 Å². The Balaban J connectivity index is 2.60. The molecule has 1 aromatic carbocycles. The summed E-state index contributed by atoms with van der Waals surface area (Å²) in [5, 5.41) is 4.85. The lowest BCUT2D eigenvalue weighted by Crippen LogP contribution is -2.22. The lowest BCUT2D eigenvalue weighted by Gasteiger charge is -2.08. The van der Waals surface area contributed by atoms with Crippen LogP contribution in [0.2, 0.25) is 0 Å². The number of hydrogen-bond acceptors (Lipinski definition) is 2. The lowest BCUT2D eigenvalue weighted by atomic mass is 9.95. The molecule has 1 aromatic heterocycles. The molecule has 1 heterocycles. The topological polar surface area (TPSA) is 25.2 Å². The van der Waals surface area contributed by atoms with Gasteiger partial charge in [0.2, 0.25) is 0 Å². The van der Waals surface area contributed by atoms with Gasteiger partial charge < -0.3 is 9.73 Å². The van der Waals surface area contributed by atoms with E-state index >= 15 is 0 Å². The summed E-state index contributed by atoms with van der Waals surface area (Å²) < 4.78 is 6.31. The zero-order chi connectivity index (χ0) is 15.6. The number of hydrogen-bond donors (Lipinski definition) is 1. The Labute approximate surface area is 128 Å². The molecule has 0 aliphatic heterocycles. The SMILES string of the molecule is CCCc1c(CNC(C)C)oc2c(C(C)C)ccc(C)c12. The summed E-state index contributed by atoms with van der Waals surface area (Å²) >= 11 is 0. The number of furan rings is 1. The van der Waals surface area contributed by atoms with Crippen LogP contribution in [0.25, 0.3) is 11.0 Å². The molecule has 0 spiro atoms. The summed E-state index contributed by atoms with van der Waals surface area (Å²) in [5.41, 5.74) is 5.16. The Morgan fingerprint density at radius 3 is 2.43 bits per heavy atom. The molecule has 2 heteroatoms. The van der Waals surface area contributed by atoms with E-state index < -0.39 is 0 Å². The minimum atomic E-state index is 0.471. The van der Waals surface area contributed by atoms with Crippen LogP contribution in [0.5, 0.6) is 0 Å². The van der Waals surface area contributed by atoms with Crippen molar-refractivity contribution in [2.24, 2.45) is 0 Å². The highest BCUT2D eigenvalue weighted by atomic mass is 16.3. The first-order valence-corrected chi connectivity index (χ1v) is 8.22. The Bertz CT molecular complexity index is 608. The van der Waals surface area contributed by atoms with Crippen molar-refractivity contribution < 1.29 is 4.42 Å². The van der Waals surface area contributed by atoms with Gasteiger partial charge in [0.25, 0.3) is 0 Å². The van der Waals surface area contributed by atoms with Gasteiger partial charge >= 0.3 is 0 Å². The van der Waals surface area contributed by atoms with E-state index in [1.807, 2.05) is 0 Å². The largest absolute Gasteiger partial charge is 0.459 e. The molecule has 1 N–H and O–H groups in total. The second-order valence-electron chi connectivity index (χ2n) is 6.62. The quantitative estimate of drug-likeness (QED) is 0.778. The molecule has 0 amide bonds. The summed E-state index contributed by atoms with van der Waals surface area (Å²) in [6, 6.07) is 4.94. The number of aryl methyl sites for hydroxylation is 2. The Hall–Kier alpha value is -1.28. The molecule has 0 fully saturated rings. The summed E-state index contributed by atoms with van der Waals surface area (Å²) in [7, 11) is 0. The Morgan fingerprint density at radius 2 is 1.86 bits per heavy atom. The lowest BCUT2D eigenvalue weighted by molar-refractivity contribution is 0.480. The zero-order valence-electron chi connectivity index (χ0n) is 14.3. The standard InChI is InChI=1S/C19H29NO/c1-7-8-16-17(11-20-13(4)5)21-19-15(12(2)3)10-9-14(6)18(16)19/h9-10,12-13,20H,7-8,11H2,1-6H3. The fourth-order valence-electron chi connectivity index (χ4n) is 2.92. The molecule has 0 atom stereocenters. The van der Waals surface area contributed by atoms with E-state index in [1.54, 1.807) is 0 Å². The third kappa shape index (κ3) is 3.32. The number of benzene rings is 1. The van der Waals surface area contributed by atoms with Crippen LogP contribution in [0.15, 0.2) is 16.5 Å². The molecule has 0 radical (unpaired) electrons. The second-order valence-corrected chi connectivity index (χ2v) is 6.62. The van der Waals surface area contributed by atoms with Crippen LogP contribution in [0.4, 0.5) is 0 Å². The molecule has 0 bridgehead atoms. The highest BCUT2D eigenvalue weighted by Gasteiger charge is 2.19. The van der Waals surface area contributed by atoms with Crippen molar-refractivity contribution >= 4 is 11.0 Å². The molecular weight excluding hydrogens is 258 g/mol. The second kappa shape index (κ2) is 6.65. The van der Waals surface area contributed by atoms with Gasteiger partial charge in [0, 0.05) is 17.0 Å². The minimum absolute atomic E-state index is 0.471. The van der Waals surface area contributed by atoms with Crippen LogP contribution in [0.3, 0.4) is 0 Å². The average molecular weight is 287 g/mol. The van der Waals surface area contributed by atoms with Gasteiger partial charge in [-0.15, -0.1) is 0 Å². The van der Waals surface area contributed by atoms with Crippen molar-refractivity contribution in [1.82, 2.24) is 5.32 Å². The van der Waals surface area contributed by atoms with Crippen LogP contribution in [0, 0.1) is 6.92 Å². The van der Waals surface area contributed by atoms with Gasteiger partial charge in [-0.3, -0.25) is 0 Å². The summed E-state index contributed by atoms with van der Waals surface area (Å²) in [6.07, 6.45) is 2.24. The predicted octanol–water partition coefficient (Wildman–Crippen LogP) is 5.32. The Morgan fingerprint density at radius 1 is 1.14 bits per heavy atom. The maximum atomic E-state index is 6.31. The molecule has 0 unspecified atom stereocenters. The number of fused-ring (bicyclic) bond motifs is 1. The Kier molecular flexibility index (Phi) is 5.10. The molecule has 2 nitrogen and oxygen atoms in total. The predicted molar refractivity (Wildman–Crippen MR) is 91.0 cm³/mol. The first-order valence-electron chi connectivity index (χ1n) is 8.22. The minimum Gasteiger partial charge on any atom is -0.459 e. The summed E-state index contributed by atoms with van der Waals surface area (Å²) in [6.45, 7) is 14.1. The molecule has 0 saturated heterocycles. The molecule has 2 aromatic rings. The first-order chi connectivity index (χ1) is 9.95. The van der Waals surface area contributed by atoms with Gasteiger partial charge in [0.05, 0.1) is 6.54 Å². The molecule has 116 valence electrons. The fraction of sp³-hybridized carbons (Fsp3) is 0.579. The number of rotatable bonds is 6. The first kappa shape index (κ1) is 16.1. The fourth-order valence-corrected chi connectivity index (χ4v) is 2.92. The van der Waals surface area contributed by atoms with Crippen LogP contribution < -0.4 is 5.32 Å². The molecule has 0 aliphatic rings. The van der Waals surface area contributed by atoms with E-state index in [-0.39, 0.29) is 0 Å². The van der Waals surface area contributed by atoms with Crippen molar-refractivity contribution in [2.45, 2.75) is 72.9 Å². The normalized spacial score (nSPS) is 12.0. The maximum absolute atomic E-state index is 6.31. The number of nitrogens with one attached hydrogen (secondary N) is 1. The molecular formula is C19H29NO. The molecule has 0 saturated carbocycles. The summed E-state index contributed by atoms with van der Waals surface area (Å²) in [4.78, 5) is 0. The smallest absolute Gasteiger partial charge is 0.138 e.